The van der Waals surface area contributed by atoms with E-state index in [1.807, 2.05) is 22.7 Å². The van der Waals surface area contributed by atoms with E-state index in [9.17, 15) is 0 Å². The van der Waals surface area contributed by atoms with E-state index < -0.39 is 5.41 Å². The van der Waals surface area contributed by atoms with Crippen molar-refractivity contribution in [2.45, 2.75) is 5.41 Å². The summed E-state index contributed by atoms with van der Waals surface area (Å²) in [6, 6.07) is 87.7. The summed E-state index contributed by atoms with van der Waals surface area (Å²) in [4.78, 5) is 2.44. The number of thiophene rings is 2. The summed E-state index contributed by atoms with van der Waals surface area (Å²) in [7, 11) is 0. The van der Waals surface area contributed by atoms with Gasteiger partial charge in [-0.15, -0.1) is 22.7 Å². The lowest BCUT2D eigenvalue weighted by atomic mass is 9.67. The van der Waals surface area contributed by atoms with Crippen molar-refractivity contribution in [3.63, 3.8) is 0 Å². The van der Waals surface area contributed by atoms with Crippen LogP contribution in [0, 0.1) is 0 Å². The summed E-state index contributed by atoms with van der Waals surface area (Å²) in [5.41, 5.74) is 15.4. The number of fused-ring (bicyclic) bond motifs is 9. The summed E-state index contributed by atoms with van der Waals surface area (Å²) in [6.07, 6.45) is 0. The Morgan fingerprint density at radius 1 is 0.297 bits per heavy atom. The molecule has 1 aliphatic carbocycles. The first kappa shape index (κ1) is 37.0. The smallest absolute Gasteiger partial charge is 0.0714 e. The lowest BCUT2D eigenvalue weighted by molar-refractivity contribution is 0.768. The van der Waals surface area contributed by atoms with Crippen molar-refractivity contribution in [1.82, 2.24) is 0 Å². The third-order valence-corrected chi connectivity index (χ3v) is 15.8. The average Bonchev–Trinajstić information content (AvgIpc) is 4.04. The van der Waals surface area contributed by atoms with E-state index in [4.69, 9.17) is 0 Å². The molecule has 2 aromatic heterocycles. The zero-order valence-electron chi connectivity index (χ0n) is 34.8. The van der Waals surface area contributed by atoms with Gasteiger partial charge in [-0.2, -0.15) is 0 Å². The molecule has 0 radical (unpaired) electrons. The minimum atomic E-state index is -0.504. The van der Waals surface area contributed by atoms with Crippen LogP contribution in [0.5, 0.6) is 0 Å². The molecule has 0 spiro atoms. The van der Waals surface area contributed by atoms with E-state index in [1.54, 1.807) is 0 Å². The summed E-state index contributed by atoms with van der Waals surface area (Å²) < 4.78 is 5.30. The van der Waals surface area contributed by atoms with E-state index in [-0.39, 0.29) is 0 Å². The third-order valence-electron chi connectivity index (χ3n) is 13.4. The second-order valence-corrected chi connectivity index (χ2v) is 18.9. The molecule has 3 heteroatoms. The first-order valence-electron chi connectivity index (χ1n) is 21.9. The lowest BCUT2D eigenvalue weighted by Crippen LogP contribution is -2.28. The zero-order valence-corrected chi connectivity index (χ0v) is 36.4. The van der Waals surface area contributed by atoms with Crippen molar-refractivity contribution in [3.8, 4) is 33.4 Å². The van der Waals surface area contributed by atoms with Crippen LogP contribution in [0.15, 0.2) is 237 Å². The average molecular weight is 850 g/mol. The molecule has 0 N–H and O–H groups in total. The van der Waals surface area contributed by atoms with Crippen LogP contribution in [-0.2, 0) is 5.41 Å². The van der Waals surface area contributed by atoms with E-state index in [0.717, 1.165) is 17.1 Å². The molecule has 0 bridgehead atoms. The molecule has 0 atom stereocenters. The summed E-state index contributed by atoms with van der Waals surface area (Å²) >= 11 is 3.76. The summed E-state index contributed by atoms with van der Waals surface area (Å²) in [6.45, 7) is 0. The Kier molecular flexibility index (Phi) is 8.55. The Labute approximate surface area is 380 Å². The largest absolute Gasteiger partial charge is 0.310 e. The van der Waals surface area contributed by atoms with Gasteiger partial charge in [0.1, 0.15) is 0 Å². The highest BCUT2D eigenvalue weighted by atomic mass is 32.1. The van der Waals surface area contributed by atoms with Gasteiger partial charge in [0.25, 0.3) is 0 Å². The Morgan fingerprint density at radius 3 is 1.27 bits per heavy atom. The molecule has 12 aromatic rings. The van der Waals surface area contributed by atoms with Crippen LogP contribution in [0.2, 0.25) is 0 Å². The molecule has 300 valence electrons. The molecule has 0 saturated heterocycles. The number of benzene rings is 10. The second-order valence-electron chi connectivity index (χ2n) is 16.7. The molecule has 1 nitrogen and oxygen atoms in total. The van der Waals surface area contributed by atoms with E-state index >= 15 is 0 Å². The molecule has 13 rings (SSSR count). The van der Waals surface area contributed by atoms with Gasteiger partial charge in [0.05, 0.1) is 5.41 Å². The standard InChI is InChI=1S/C61H39NS2/c1-3-15-42(16-4-1)61(43-17-5-2-6-18-43)55-26-10-7-19-49(55)50-38-37-46(39-56(50)61)62(44-33-29-40(30-34-44)47-22-13-24-53-51-20-8-11-27-57(51)63-59(47)53)45-35-31-41(32-36-45)48-23-14-25-54-52-21-9-12-28-58(52)64-60(48)54/h1-39H. The first-order chi connectivity index (χ1) is 31.7. The minimum absolute atomic E-state index is 0.504. The van der Waals surface area contributed by atoms with Gasteiger partial charge in [-0.3, -0.25) is 0 Å². The van der Waals surface area contributed by atoms with Gasteiger partial charge in [0.15, 0.2) is 0 Å². The number of hydrogen-bond acceptors (Lipinski definition) is 3. The van der Waals surface area contributed by atoms with E-state index in [0.29, 0.717) is 0 Å². The van der Waals surface area contributed by atoms with Crippen molar-refractivity contribution in [1.29, 1.82) is 0 Å². The maximum absolute atomic E-state index is 2.47. The van der Waals surface area contributed by atoms with Crippen LogP contribution < -0.4 is 4.90 Å². The topological polar surface area (TPSA) is 3.24 Å². The predicted molar refractivity (Wildman–Crippen MR) is 275 cm³/mol. The van der Waals surface area contributed by atoms with Crippen LogP contribution in [-0.4, -0.2) is 0 Å². The third kappa shape index (κ3) is 5.61. The van der Waals surface area contributed by atoms with Gasteiger partial charge in [-0.05, 0) is 104 Å². The number of nitrogens with zero attached hydrogens (tertiary/aromatic N) is 1. The van der Waals surface area contributed by atoms with Gasteiger partial charge in [-0.1, -0.05) is 188 Å². The van der Waals surface area contributed by atoms with Gasteiger partial charge < -0.3 is 4.90 Å². The van der Waals surface area contributed by atoms with E-state index in [2.05, 4.69) is 241 Å². The monoisotopic (exact) mass is 849 g/mol. The van der Waals surface area contributed by atoms with Gasteiger partial charge in [0, 0.05) is 57.4 Å². The Bertz CT molecular complexity index is 3520. The Hall–Kier alpha value is -7.56. The molecule has 0 aliphatic heterocycles. The van der Waals surface area contributed by atoms with Crippen molar-refractivity contribution < 1.29 is 0 Å². The molecule has 0 amide bonds. The zero-order chi connectivity index (χ0) is 42.2. The summed E-state index contributed by atoms with van der Waals surface area (Å²) in [5.74, 6) is 0. The number of anilines is 3. The normalized spacial score (nSPS) is 12.8. The first-order valence-corrected chi connectivity index (χ1v) is 23.5. The van der Waals surface area contributed by atoms with Crippen molar-refractivity contribution in [2.24, 2.45) is 0 Å². The Morgan fingerprint density at radius 2 is 0.719 bits per heavy atom. The van der Waals surface area contributed by atoms with E-state index in [1.165, 1.54) is 96.0 Å². The number of hydrogen-bond donors (Lipinski definition) is 0. The lowest BCUT2D eigenvalue weighted by Gasteiger charge is -2.35. The van der Waals surface area contributed by atoms with Crippen LogP contribution in [0.1, 0.15) is 22.3 Å². The molecule has 2 heterocycles. The fraction of sp³-hybridized carbons (Fsp3) is 0.0164. The highest BCUT2D eigenvalue weighted by Crippen LogP contribution is 2.57. The van der Waals surface area contributed by atoms with Crippen molar-refractivity contribution >= 4 is 80.1 Å². The Balaban J connectivity index is 0.995. The number of rotatable bonds is 7. The predicted octanol–water partition coefficient (Wildman–Crippen LogP) is 17.6. The molecule has 0 unspecified atom stereocenters. The molecule has 10 aromatic carbocycles. The maximum Gasteiger partial charge on any atom is 0.0714 e. The fourth-order valence-corrected chi connectivity index (χ4v) is 13.0. The van der Waals surface area contributed by atoms with Crippen LogP contribution >= 0.6 is 22.7 Å². The van der Waals surface area contributed by atoms with Gasteiger partial charge >= 0.3 is 0 Å². The SMILES string of the molecule is c1ccc(C2(c3ccccc3)c3ccccc3-c3ccc(N(c4ccc(-c5cccc6c5sc5ccccc56)cc4)c4ccc(-c5cccc6c5sc5ccccc56)cc4)cc32)cc1. The molecular formula is C61H39NS2. The quantitative estimate of drug-likeness (QED) is 0.154. The second kappa shape index (κ2) is 14.8. The summed E-state index contributed by atoms with van der Waals surface area (Å²) in [5, 5.41) is 5.27. The highest BCUT2D eigenvalue weighted by molar-refractivity contribution is 7.26. The maximum atomic E-state index is 2.47. The molecule has 0 fully saturated rings. The van der Waals surface area contributed by atoms with Crippen molar-refractivity contribution in [3.05, 3.63) is 259 Å². The molecule has 64 heavy (non-hydrogen) atoms. The van der Waals surface area contributed by atoms with Crippen LogP contribution in [0.4, 0.5) is 17.1 Å². The molecule has 0 saturated carbocycles. The van der Waals surface area contributed by atoms with Crippen molar-refractivity contribution in [2.75, 3.05) is 4.90 Å². The fourth-order valence-electron chi connectivity index (χ4n) is 10.5. The van der Waals surface area contributed by atoms with Crippen LogP contribution in [0.25, 0.3) is 73.7 Å². The highest BCUT2D eigenvalue weighted by Gasteiger charge is 2.46. The van der Waals surface area contributed by atoms with Gasteiger partial charge in [-0.25, -0.2) is 0 Å². The molecule has 1 aliphatic rings. The van der Waals surface area contributed by atoms with Gasteiger partial charge in [0.2, 0.25) is 0 Å². The minimum Gasteiger partial charge on any atom is -0.310 e. The van der Waals surface area contributed by atoms with Crippen LogP contribution in [0.3, 0.4) is 0 Å². The molecular weight excluding hydrogens is 811 g/mol.